The van der Waals surface area contributed by atoms with E-state index in [1.165, 1.54) is 11.8 Å². The number of thioether (sulfide) groups is 1. The molecular formula is C20H17ClN4O2S. The summed E-state index contributed by atoms with van der Waals surface area (Å²) in [6.07, 6.45) is 0. The summed E-state index contributed by atoms with van der Waals surface area (Å²) in [5, 5.41) is 5.41. The average Bonchev–Trinajstić information content (AvgIpc) is 3.08. The third-order valence-corrected chi connectivity index (χ3v) is 5.67. The van der Waals surface area contributed by atoms with Crippen LogP contribution in [0.4, 0.5) is 0 Å². The second-order valence-corrected chi connectivity index (χ2v) is 7.82. The van der Waals surface area contributed by atoms with Crippen molar-refractivity contribution in [3.8, 4) is 5.69 Å². The van der Waals surface area contributed by atoms with Crippen LogP contribution >= 0.6 is 23.4 Å². The Morgan fingerprint density at radius 3 is 2.71 bits per heavy atom. The van der Waals surface area contributed by atoms with Gasteiger partial charge in [0.25, 0.3) is 5.56 Å². The van der Waals surface area contributed by atoms with E-state index in [-0.39, 0.29) is 5.56 Å². The van der Waals surface area contributed by atoms with E-state index in [9.17, 15) is 4.79 Å². The molecule has 0 spiro atoms. The van der Waals surface area contributed by atoms with Crippen molar-refractivity contribution >= 4 is 34.3 Å². The average molecular weight is 413 g/mol. The van der Waals surface area contributed by atoms with Crippen LogP contribution in [-0.2, 0) is 5.75 Å². The smallest absolute Gasteiger partial charge is 0.266 e. The molecule has 0 atom stereocenters. The molecule has 2 heterocycles. The molecule has 0 aliphatic rings. The van der Waals surface area contributed by atoms with Gasteiger partial charge in [0.05, 0.1) is 22.3 Å². The largest absolute Gasteiger partial charge is 0.338 e. The SMILES string of the molecule is Cc1noc(CSc2nc3cc(Cl)ccc3c(=O)n2-c2cccc(C)c2C)n1. The number of nitrogens with zero attached hydrogens (tertiary/aromatic N) is 4. The van der Waals surface area contributed by atoms with Gasteiger partial charge in [-0.25, -0.2) is 4.98 Å². The Balaban J connectivity index is 1.92. The molecule has 2 aromatic carbocycles. The van der Waals surface area contributed by atoms with Crippen LogP contribution in [0.3, 0.4) is 0 Å². The van der Waals surface area contributed by atoms with Crippen LogP contribution in [0.2, 0.25) is 5.02 Å². The lowest BCUT2D eigenvalue weighted by atomic mass is 10.1. The normalized spacial score (nSPS) is 11.3. The predicted octanol–water partition coefficient (Wildman–Crippen LogP) is 4.64. The van der Waals surface area contributed by atoms with Crippen molar-refractivity contribution in [2.75, 3.05) is 0 Å². The first kappa shape index (κ1) is 18.7. The number of aryl methyl sites for hydroxylation is 2. The Labute approximate surface area is 170 Å². The Bertz CT molecular complexity index is 1250. The Kier molecular flexibility index (Phi) is 4.95. The third-order valence-electron chi connectivity index (χ3n) is 4.51. The van der Waals surface area contributed by atoms with Gasteiger partial charge in [0.1, 0.15) is 0 Å². The summed E-state index contributed by atoms with van der Waals surface area (Å²) in [5.41, 5.74) is 3.35. The minimum atomic E-state index is -0.139. The van der Waals surface area contributed by atoms with Gasteiger partial charge < -0.3 is 4.52 Å². The minimum absolute atomic E-state index is 0.139. The zero-order chi connectivity index (χ0) is 19.8. The lowest BCUT2D eigenvalue weighted by molar-refractivity contribution is 0.387. The first-order valence-electron chi connectivity index (χ1n) is 8.65. The topological polar surface area (TPSA) is 73.8 Å². The summed E-state index contributed by atoms with van der Waals surface area (Å²) in [4.78, 5) is 22.3. The van der Waals surface area contributed by atoms with E-state index < -0.39 is 0 Å². The fraction of sp³-hybridized carbons (Fsp3) is 0.200. The third kappa shape index (κ3) is 3.43. The highest BCUT2D eigenvalue weighted by molar-refractivity contribution is 7.98. The van der Waals surface area contributed by atoms with Crippen molar-refractivity contribution in [3.63, 3.8) is 0 Å². The van der Waals surface area contributed by atoms with Crippen molar-refractivity contribution in [1.29, 1.82) is 0 Å². The molecule has 2 aromatic heterocycles. The zero-order valence-electron chi connectivity index (χ0n) is 15.6. The molecule has 0 fully saturated rings. The van der Waals surface area contributed by atoms with Gasteiger partial charge >= 0.3 is 0 Å². The number of fused-ring (bicyclic) bond motifs is 1. The van der Waals surface area contributed by atoms with E-state index >= 15 is 0 Å². The second kappa shape index (κ2) is 7.41. The molecule has 8 heteroatoms. The highest BCUT2D eigenvalue weighted by Gasteiger charge is 2.17. The summed E-state index contributed by atoms with van der Waals surface area (Å²) < 4.78 is 6.84. The summed E-state index contributed by atoms with van der Waals surface area (Å²) in [6.45, 7) is 5.78. The van der Waals surface area contributed by atoms with Gasteiger partial charge in [-0.1, -0.05) is 40.7 Å². The van der Waals surface area contributed by atoms with E-state index in [1.807, 2.05) is 32.0 Å². The zero-order valence-corrected chi connectivity index (χ0v) is 17.1. The first-order valence-corrected chi connectivity index (χ1v) is 10.0. The van der Waals surface area contributed by atoms with Crippen LogP contribution < -0.4 is 5.56 Å². The number of halogens is 1. The number of hydrogen-bond acceptors (Lipinski definition) is 6. The number of aromatic nitrogens is 4. The maximum atomic E-state index is 13.4. The van der Waals surface area contributed by atoms with E-state index in [2.05, 4.69) is 10.1 Å². The van der Waals surface area contributed by atoms with Crippen molar-refractivity contribution < 1.29 is 4.52 Å². The van der Waals surface area contributed by atoms with Crippen molar-refractivity contribution in [1.82, 2.24) is 19.7 Å². The highest BCUT2D eigenvalue weighted by atomic mass is 35.5. The van der Waals surface area contributed by atoms with Crippen molar-refractivity contribution in [2.24, 2.45) is 0 Å². The molecule has 0 aliphatic heterocycles. The number of benzene rings is 2. The number of hydrogen-bond donors (Lipinski definition) is 0. The van der Waals surface area contributed by atoms with E-state index in [0.29, 0.717) is 38.5 Å². The van der Waals surface area contributed by atoms with Gasteiger partial charge in [-0.2, -0.15) is 4.98 Å². The molecular weight excluding hydrogens is 396 g/mol. The van der Waals surface area contributed by atoms with Gasteiger partial charge in [-0.15, -0.1) is 0 Å². The van der Waals surface area contributed by atoms with Crippen molar-refractivity contribution in [2.45, 2.75) is 31.7 Å². The van der Waals surface area contributed by atoms with Gasteiger partial charge in [0.15, 0.2) is 11.0 Å². The molecule has 6 nitrogen and oxygen atoms in total. The standard InChI is InChI=1S/C20H17ClN4O2S/c1-11-5-4-6-17(12(11)2)25-19(26)15-8-7-14(21)9-16(15)23-20(25)28-10-18-22-13(3)24-27-18/h4-9H,10H2,1-3H3. The van der Waals surface area contributed by atoms with E-state index in [1.54, 1.807) is 29.7 Å². The molecule has 0 aliphatic carbocycles. The first-order chi connectivity index (χ1) is 13.4. The maximum absolute atomic E-state index is 13.4. The molecule has 28 heavy (non-hydrogen) atoms. The fourth-order valence-corrected chi connectivity index (χ4v) is 3.96. The Hall–Kier alpha value is -2.64. The Morgan fingerprint density at radius 1 is 1.14 bits per heavy atom. The van der Waals surface area contributed by atoms with Crippen LogP contribution in [0.1, 0.15) is 22.8 Å². The fourth-order valence-electron chi connectivity index (χ4n) is 2.95. The van der Waals surface area contributed by atoms with Crippen LogP contribution in [-0.4, -0.2) is 19.7 Å². The van der Waals surface area contributed by atoms with Crippen LogP contribution in [0.15, 0.2) is 50.9 Å². The van der Waals surface area contributed by atoms with Crippen LogP contribution in [0, 0.1) is 20.8 Å². The highest BCUT2D eigenvalue weighted by Crippen LogP contribution is 2.27. The van der Waals surface area contributed by atoms with Gasteiger partial charge in [0, 0.05) is 5.02 Å². The molecule has 142 valence electrons. The second-order valence-electron chi connectivity index (χ2n) is 6.44. The van der Waals surface area contributed by atoms with Crippen LogP contribution in [0.5, 0.6) is 0 Å². The number of rotatable bonds is 4. The lowest BCUT2D eigenvalue weighted by Crippen LogP contribution is -2.22. The maximum Gasteiger partial charge on any atom is 0.266 e. The molecule has 0 amide bonds. The summed E-state index contributed by atoms with van der Waals surface area (Å²) in [5.74, 6) is 1.46. The molecule has 0 unspecified atom stereocenters. The summed E-state index contributed by atoms with van der Waals surface area (Å²) >= 11 is 7.48. The van der Waals surface area contributed by atoms with Crippen molar-refractivity contribution in [3.05, 3.63) is 74.6 Å². The molecule has 0 saturated carbocycles. The molecule has 0 saturated heterocycles. The molecule has 0 radical (unpaired) electrons. The molecule has 0 N–H and O–H groups in total. The van der Waals surface area contributed by atoms with E-state index in [0.717, 1.165) is 16.8 Å². The van der Waals surface area contributed by atoms with Gasteiger partial charge in [-0.3, -0.25) is 9.36 Å². The molecule has 4 aromatic rings. The summed E-state index contributed by atoms with van der Waals surface area (Å²) in [7, 11) is 0. The van der Waals surface area contributed by atoms with E-state index in [4.69, 9.17) is 21.1 Å². The van der Waals surface area contributed by atoms with Crippen LogP contribution in [0.25, 0.3) is 16.6 Å². The van der Waals surface area contributed by atoms with Gasteiger partial charge in [0.2, 0.25) is 5.89 Å². The van der Waals surface area contributed by atoms with Gasteiger partial charge in [-0.05, 0) is 56.2 Å². The Morgan fingerprint density at radius 2 is 1.96 bits per heavy atom. The predicted molar refractivity (Wildman–Crippen MR) is 110 cm³/mol. The molecule has 0 bridgehead atoms. The monoisotopic (exact) mass is 412 g/mol. The summed E-state index contributed by atoms with van der Waals surface area (Å²) in [6, 6.07) is 11.0. The quantitative estimate of drug-likeness (QED) is 0.359. The lowest BCUT2D eigenvalue weighted by Gasteiger charge is -2.16. The minimum Gasteiger partial charge on any atom is -0.338 e. The molecule has 4 rings (SSSR count).